The summed E-state index contributed by atoms with van der Waals surface area (Å²) < 4.78 is 23.0. The lowest BCUT2D eigenvalue weighted by Gasteiger charge is -2.35. The molecule has 3 rings (SSSR count). The molecule has 1 unspecified atom stereocenters. The van der Waals surface area contributed by atoms with Gasteiger partial charge in [-0.05, 0) is 47.5 Å². The van der Waals surface area contributed by atoms with E-state index in [1.807, 2.05) is 4.90 Å². The van der Waals surface area contributed by atoms with Gasteiger partial charge in [0.15, 0.2) is 9.84 Å². The van der Waals surface area contributed by atoms with Crippen LogP contribution >= 0.6 is 11.3 Å². The quantitative estimate of drug-likeness (QED) is 0.836. The zero-order chi connectivity index (χ0) is 17.3. The van der Waals surface area contributed by atoms with Crippen molar-refractivity contribution in [2.45, 2.75) is 31.6 Å². The van der Waals surface area contributed by atoms with Gasteiger partial charge in [-0.1, -0.05) is 19.1 Å². The van der Waals surface area contributed by atoms with Gasteiger partial charge >= 0.3 is 0 Å². The summed E-state index contributed by atoms with van der Waals surface area (Å²) >= 11 is 1.76. The van der Waals surface area contributed by atoms with Crippen LogP contribution in [0.5, 0.6) is 0 Å². The maximum atomic E-state index is 13.0. The minimum atomic E-state index is -3.12. The first kappa shape index (κ1) is 17.2. The number of carbonyl (C=O) groups is 1. The van der Waals surface area contributed by atoms with E-state index in [-0.39, 0.29) is 17.7 Å². The Morgan fingerprint density at radius 1 is 1.33 bits per heavy atom. The van der Waals surface area contributed by atoms with E-state index in [4.69, 9.17) is 0 Å². The van der Waals surface area contributed by atoms with Gasteiger partial charge in [0, 0.05) is 23.2 Å². The van der Waals surface area contributed by atoms with Crippen LogP contribution in [0.25, 0.3) is 0 Å². The molecule has 1 aromatic heterocycles. The van der Waals surface area contributed by atoms with E-state index in [1.54, 1.807) is 35.6 Å². The lowest BCUT2D eigenvalue weighted by molar-refractivity contribution is 0.0657. The van der Waals surface area contributed by atoms with Crippen molar-refractivity contribution in [2.75, 3.05) is 12.8 Å². The fraction of sp³-hybridized carbons (Fsp3) is 0.389. The second-order valence-corrected chi connectivity index (χ2v) is 9.38. The van der Waals surface area contributed by atoms with Crippen molar-refractivity contribution in [3.05, 3.63) is 57.3 Å². The zero-order valence-electron chi connectivity index (χ0n) is 13.9. The van der Waals surface area contributed by atoms with E-state index in [2.05, 4.69) is 18.4 Å². The number of nitrogens with zero attached hydrogens (tertiary/aromatic N) is 1. The molecule has 24 heavy (non-hydrogen) atoms. The van der Waals surface area contributed by atoms with Gasteiger partial charge in [0.2, 0.25) is 0 Å². The van der Waals surface area contributed by atoms with Crippen molar-refractivity contribution in [1.29, 1.82) is 0 Å². The first-order valence-corrected chi connectivity index (χ1v) is 11.0. The second kappa shape index (κ2) is 6.69. The van der Waals surface area contributed by atoms with E-state index in [0.29, 0.717) is 17.7 Å². The van der Waals surface area contributed by atoms with E-state index in [1.165, 1.54) is 16.7 Å². The summed E-state index contributed by atoms with van der Waals surface area (Å²) in [6, 6.07) is 9.21. The number of carbonyl (C=O) groups excluding carboxylic acids is 1. The molecule has 1 aromatic carbocycles. The monoisotopic (exact) mass is 363 g/mol. The number of sulfone groups is 1. The number of amides is 1. The average molecular weight is 364 g/mol. The number of benzene rings is 1. The maximum absolute atomic E-state index is 13.0. The molecule has 6 heteroatoms. The van der Waals surface area contributed by atoms with E-state index >= 15 is 0 Å². The van der Waals surface area contributed by atoms with Gasteiger partial charge in [-0.25, -0.2) is 8.42 Å². The van der Waals surface area contributed by atoms with Crippen molar-refractivity contribution in [2.24, 2.45) is 0 Å². The molecular weight excluding hydrogens is 342 g/mol. The number of rotatable bonds is 4. The Balaban J connectivity index is 1.88. The summed E-state index contributed by atoms with van der Waals surface area (Å²) in [4.78, 5) is 16.3. The molecular formula is C18H21NO3S2. The SMILES string of the molecule is CCC1c2ccsc2CCN1C(=O)c1cccc(CS(C)(=O)=O)c1. The topological polar surface area (TPSA) is 54.5 Å². The van der Waals surface area contributed by atoms with Crippen molar-refractivity contribution in [1.82, 2.24) is 4.90 Å². The van der Waals surface area contributed by atoms with Crippen LogP contribution in [0.2, 0.25) is 0 Å². The van der Waals surface area contributed by atoms with Gasteiger partial charge in [-0.15, -0.1) is 11.3 Å². The predicted octanol–water partition coefficient (Wildman–Crippen LogP) is 3.44. The number of hydrogen-bond acceptors (Lipinski definition) is 4. The minimum Gasteiger partial charge on any atom is -0.331 e. The molecule has 1 aliphatic rings. The molecule has 0 spiro atoms. The average Bonchev–Trinajstić information content (AvgIpc) is 3.00. The molecule has 0 bridgehead atoms. The molecule has 0 saturated carbocycles. The highest BCUT2D eigenvalue weighted by molar-refractivity contribution is 7.89. The first-order chi connectivity index (χ1) is 11.4. The Labute approximate surface area is 147 Å². The van der Waals surface area contributed by atoms with Crippen LogP contribution in [-0.4, -0.2) is 32.0 Å². The highest BCUT2D eigenvalue weighted by Crippen LogP contribution is 2.36. The van der Waals surface area contributed by atoms with Gasteiger partial charge in [-0.2, -0.15) is 0 Å². The molecule has 2 heterocycles. The van der Waals surface area contributed by atoms with Gasteiger partial charge in [0.1, 0.15) is 0 Å². The molecule has 0 radical (unpaired) electrons. The minimum absolute atomic E-state index is 0.0194. The van der Waals surface area contributed by atoms with Crippen molar-refractivity contribution in [3.63, 3.8) is 0 Å². The predicted molar refractivity (Wildman–Crippen MR) is 97.1 cm³/mol. The summed E-state index contributed by atoms with van der Waals surface area (Å²) in [5.74, 6) is -0.0611. The maximum Gasteiger partial charge on any atom is 0.254 e. The van der Waals surface area contributed by atoms with E-state index in [0.717, 1.165) is 12.8 Å². The summed E-state index contributed by atoms with van der Waals surface area (Å²) in [5, 5.41) is 2.09. The summed E-state index contributed by atoms with van der Waals surface area (Å²) in [6.45, 7) is 2.80. The van der Waals surface area contributed by atoms with Crippen LogP contribution in [0, 0.1) is 0 Å². The molecule has 1 aliphatic heterocycles. The molecule has 0 N–H and O–H groups in total. The molecule has 2 aromatic rings. The Morgan fingerprint density at radius 3 is 2.83 bits per heavy atom. The highest BCUT2D eigenvalue weighted by atomic mass is 32.2. The third-order valence-corrected chi connectivity index (χ3v) is 6.20. The summed E-state index contributed by atoms with van der Waals surface area (Å²) in [6.07, 6.45) is 2.97. The van der Waals surface area contributed by atoms with E-state index in [9.17, 15) is 13.2 Å². The first-order valence-electron chi connectivity index (χ1n) is 8.03. The molecule has 1 amide bonds. The van der Waals surface area contributed by atoms with Gasteiger partial charge < -0.3 is 4.90 Å². The van der Waals surface area contributed by atoms with Crippen LogP contribution in [-0.2, 0) is 22.0 Å². The van der Waals surface area contributed by atoms with Crippen LogP contribution in [0.3, 0.4) is 0 Å². The normalized spacial score (nSPS) is 17.6. The Kier molecular flexibility index (Phi) is 4.78. The van der Waals surface area contributed by atoms with Crippen LogP contribution in [0.1, 0.15) is 45.7 Å². The largest absolute Gasteiger partial charge is 0.331 e. The van der Waals surface area contributed by atoms with E-state index < -0.39 is 9.84 Å². The fourth-order valence-corrected chi connectivity index (χ4v) is 5.06. The van der Waals surface area contributed by atoms with Crippen molar-refractivity contribution in [3.8, 4) is 0 Å². The Hall–Kier alpha value is -1.66. The van der Waals surface area contributed by atoms with Crippen LogP contribution in [0.15, 0.2) is 35.7 Å². The Bertz CT molecular complexity index is 855. The van der Waals surface area contributed by atoms with Gasteiger partial charge in [0.25, 0.3) is 5.91 Å². The Morgan fingerprint density at radius 2 is 2.12 bits per heavy atom. The molecule has 0 aliphatic carbocycles. The lowest BCUT2D eigenvalue weighted by Crippen LogP contribution is -2.39. The van der Waals surface area contributed by atoms with Gasteiger partial charge in [-0.3, -0.25) is 4.79 Å². The molecule has 0 saturated heterocycles. The number of fused-ring (bicyclic) bond motifs is 1. The fourth-order valence-electron chi connectivity index (χ4n) is 3.34. The summed E-state index contributed by atoms with van der Waals surface area (Å²) in [5.41, 5.74) is 2.48. The lowest BCUT2D eigenvalue weighted by atomic mass is 9.96. The zero-order valence-corrected chi connectivity index (χ0v) is 15.5. The molecule has 128 valence electrons. The smallest absolute Gasteiger partial charge is 0.254 e. The standard InChI is InChI=1S/C18H21NO3S2/c1-3-16-15-8-10-23-17(15)7-9-19(16)18(20)14-6-4-5-13(11-14)12-24(2,21)22/h4-6,8,10-11,16H,3,7,9,12H2,1-2H3. The number of thiophene rings is 1. The highest BCUT2D eigenvalue weighted by Gasteiger charge is 2.30. The molecule has 0 fully saturated rings. The molecule has 1 atom stereocenters. The van der Waals surface area contributed by atoms with Crippen molar-refractivity contribution < 1.29 is 13.2 Å². The van der Waals surface area contributed by atoms with Crippen molar-refractivity contribution >= 4 is 27.1 Å². The van der Waals surface area contributed by atoms with Crippen LogP contribution in [0.4, 0.5) is 0 Å². The molecule has 4 nitrogen and oxygen atoms in total. The van der Waals surface area contributed by atoms with Crippen LogP contribution < -0.4 is 0 Å². The third kappa shape index (κ3) is 3.54. The third-order valence-electron chi connectivity index (χ3n) is 4.35. The second-order valence-electron chi connectivity index (χ2n) is 6.24. The summed E-state index contributed by atoms with van der Waals surface area (Å²) in [7, 11) is -3.12. The van der Waals surface area contributed by atoms with Gasteiger partial charge in [0.05, 0.1) is 11.8 Å². The number of hydrogen-bond donors (Lipinski definition) is 0.